The average molecular weight is 195 g/mol. The van der Waals surface area contributed by atoms with Crippen molar-refractivity contribution in [1.29, 1.82) is 0 Å². The SMILES string of the molecule is CC1C(N)C(C)(C)C1c1cccs1. The second-order valence-electron chi connectivity index (χ2n) is 4.70. The van der Waals surface area contributed by atoms with Crippen molar-refractivity contribution < 1.29 is 0 Å². The zero-order valence-electron chi connectivity index (χ0n) is 8.45. The van der Waals surface area contributed by atoms with Crippen LogP contribution in [0.2, 0.25) is 0 Å². The maximum absolute atomic E-state index is 6.10. The van der Waals surface area contributed by atoms with Gasteiger partial charge in [-0.25, -0.2) is 0 Å². The molecule has 0 radical (unpaired) electrons. The first kappa shape index (κ1) is 9.22. The van der Waals surface area contributed by atoms with Crippen LogP contribution in [0.15, 0.2) is 17.5 Å². The number of thiophene rings is 1. The Balaban J connectivity index is 2.27. The predicted molar refractivity (Wildman–Crippen MR) is 58.0 cm³/mol. The molecular weight excluding hydrogens is 178 g/mol. The third-order valence-corrected chi connectivity index (χ3v) is 4.56. The van der Waals surface area contributed by atoms with Gasteiger partial charge in [-0.15, -0.1) is 11.3 Å². The minimum absolute atomic E-state index is 0.282. The highest BCUT2D eigenvalue weighted by molar-refractivity contribution is 7.10. The van der Waals surface area contributed by atoms with Crippen molar-refractivity contribution in [3.05, 3.63) is 22.4 Å². The zero-order chi connectivity index (χ0) is 9.64. The Labute approximate surface area is 84.0 Å². The van der Waals surface area contributed by atoms with Gasteiger partial charge in [-0.05, 0) is 22.8 Å². The van der Waals surface area contributed by atoms with Gasteiger partial charge in [-0.1, -0.05) is 26.8 Å². The van der Waals surface area contributed by atoms with Crippen LogP contribution in [0.1, 0.15) is 31.6 Å². The van der Waals surface area contributed by atoms with E-state index in [0.717, 1.165) is 0 Å². The van der Waals surface area contributed by atoms with Crippen LogP contribution in [0.4, 0.5) is 0 Å². The molecule has 1 fully saturated rings. The average Bonchev–Trinajstić information content (AvgIpc) is 2.56. The van der Waals surface area contributed by atoms with Crippen LogP contribution < -0.4 is 5.73 Å². The summed E-state index contributed by atoms with van der Waals surface area (Å²) in [4.78, 5) is 1.50. The number of hydrogen-bond acceptors (Lipinski definition) is 2. The standard InChI is InChI=1S/C11H17NS/c1-7-9(8-5-4-6-13-8)11(2,3)10(7)12/h4-7,9-10H,12H2,1-3H3. The van der Waals surface area contributed by atoms with Crippen molar-refractivity contribution >= 4 is 11.3 Å². The Bertz CT molecular complexity index is 289. The van der Waals surface area contributed by atoms with E-state index in [1.807, 2.05) is 11.3 Å². The molecule has 13 heavy (non-hydrogen) atoms. The molecular formula is C11H17NS. The third-order valence-electron chi connectivity index (χ3n) is 3.60. The van der Waals surface area contributed by atoms with Crippen molar-refractivity contribution in [2.24, 2.45) is 17.1 Å². The predicted octanol–water partition coefficient (Wildman–Crippen LogP) is 2.83. The van der Waals surface area contributed by atoms with E-state index in [-0.39, 0.29) is 5.41 Å². The van der Waals surface area contributed by atoms with Crippen LogP contribution in [-0.4, -0.2) is 6.04 Å². The molecule has 1 aromatic heterocycles. The van der Waals surface area contributed by atoms with Gasteiger partial charge in [0.1, 0.15) is 0 Å². The van der Waals surface area contributed by atoms with Gasteiger partial charge >= 0.3 is 0 Å². The summed E-state index contributed by atoms with van der Waals surface area (Å²) in [7, 11) is 0. The molecule has 3 atom stereocenters. The van der Waals surface area contributed by atoms with Crippen LogP contribution in [0.25, 0.3) is 0 Å². The van der Waals surface area contributed by atoms with E-state index >= 15 is 0 Å². The maximum Gasteiger partial charge on any atom is 0.0129 e. The lowest BCUT2D eigenvalue weighted by molar-refractivity contribution is 0.0277. The van der Waals surface area contributed by atoms with Gasteiger partial charge in [0.05, 0.1) is 0 Å². The summed E-state index contributed by atoms with van der Waals surface area (Å²) < 4.78 is 0. The van der Waals surface area contributed by atoms with Crippen molar-refractivity contribution in [1.82, 2.24) is 0 Å². The Morgan fingerprint density at radius 3 is 2.62 bits per heavy atom. The summed E-state index contributed by atoms with van der Waals surface area (Å²) in [5.74, 6) is 1.30. The van der Waals surface area contributed by atoms with E-state index in [0.29, 0.717) is 17.9 Å². The zero-order valence-corrected chi connectivity index (χ0v) is 9.27. The summed E-state index contributed by atoms with van der Waals surface area (Å²) in [6.45, 7) is 6.82. The van der Waals surface area contributed by atoms with Crippen LogP contribution in [0.3, 0.4) is 0 Å². The Morgan fingerprint density at radius 2 is 2.15 bits per heavy atom. The van der Waals surface area contributed by atoms with Gasteiger partial charge in [-0.2, -0.15) is 0 Å². The molecule has 72 valence electrons. The molecule has 2 heteroatoms. The molecule has 1 heterocycles. The third kappa shape index (κ3) is 1.16. The molecule has 2 rings (SSSR count). The summed E-state index contributed by atoms with van der Waals surface area (Å²) >= 11 is 1.86. The summed E-state index contributed by atoms with van der Waals surface area (Å²) in [6.07, 6.45) is 0. The molecule has 1 aromatic rings. The normalized spacial score (nSPS) is 37.1. The largest absolute Gasteiger partial charge is 0.327 e. The van der Waals surface area contributed by atoms with Gasteiger partial charge in [0.15, 0.2) is 0 Å². The van der Waals surface area contributed by atoms with E-state index in [1.165, 1.54) is 4.88 Å². The summed E-state index contributed by atoms with van der Waals surface area (Å²) in [5, 5.41) is 2.15. The molecule has 0 spiro atoms. The Morgan fingerprint density at radius 1 is 1.46 bits per heavy atom. The molecule has 3 unspecified atom stereocenters. The molecule has 1 aliphatic carbocycles. The fourth-order valence-electron chi connectivity index (χ4n) is 2.75. The van der Waals surface area contributed by atoms with Crippen molar-refractivity contribution in [3.8, 4) is 0 Å². The molecule has 1 aliphatic rings. The van der Waals surface area contributed by atoms with Gasteiger partial charge in [0.2, 0.25) is 0 Å². The molecule has 0 aliphatic heterocycles. The molecule has 0 bridgehead atoms. The lowest BCUT2D eigenvalue weighted by Gasteiger charge is -2.55. The van der Waals surface area contributed by atoms with Crippen molar-refractivity contribution in [2.45, 2.75) is 32.7 Å². The van der Waals surface area contributed by atoms with E-state index in [4.69, 9.17) is 5.73 Å². The number of rotatable bonds is 1. The van der Waals surface area contributed by atoms with Gasteiger partial charge in [0.25, 0.3) is 0 Å². The highest BCUT2D eigenvalue weighted by Crippen LogP contribution is 2.56. The van der Waals surface area contributed by atoms with Crippen LogP contribution in [0.5, 0.6) is 0 Å². The Kier molecular flexibility index (Phi) is 2.00. The van der Waals surface area contributed by atoms with Crippen molar-refractivity contribution in [2.75, 3.05) is 0 Å². The lowest BCUT2D eigenvalue weighted by Crippen LogP contribution is -2.59. The fraction of sp³-hybridized carbons (Fsp3) is 0.636. The summed E-state index contributed by atoms with van der Waals surface area (Å²) in [6, 6.07) is 4.73. The first-order valence-electron chi connectivity index (χ1n) is 4.84. The van der Waals surface area contributed by atoms with Crippen LogP contribution >= 0.6 is 11.3 Å². The molecule has 1 nitrogen and oxygen atoms in total. The quantitative estimate of drug-likeness (QED) is 0.732. The first-order valence-corrected chi connectivity index (χ1v) is 5.72. The summed E-state index contributed by atoms with van der Waals surface area (Å²) in [5.41, 5.74) is 6.38. The van der Waals surface area contributed by atoms with Gasteiger partial charge in [-0.3, -0.25) is 0 Å². The molecule has 0 aromatic carbocycles. The molecule has 0 amide bonds. The lowest BCUT2D eigenvalue weighted by atomic mass is 9.52. The van der Waals surface area contributed by atoms with E-state index in [1.54, 1.807) is 0 Å². The highest BCUT2D eigenvalue weighted by atomic mass is 32.1. The van der Waals surface area contributed by atoms with Crippen molar-refractivity contribution in [3.63, 3.8) is 0 Å². The van der Waals surface area contributed by atoms with Crippen LogP contribution in [0, 0.1) is 11.3 Å². The topological polar surface area (TPSA) is 26.0 Å². The molecule has 2 N–H and O–H groups in total. The van der Waals surface area contributed by atoms with Crippen LogP contribution in [-0.2, 0) is 0 Å². The molecule has 0 saturated heterocycles. The number of hydrogen-bond donors (Lipinski definition) is 1. The molecule has 1 saturated carbocycles. The highest BCUT2D eigenvalue weighted by Gasteiger charge is 2.52. The Hall–Kier alpha value is -0.340. The second-order valence-corrected chi connectivity index (χ2v) is 5.68. The maximum atomic E-state index is 6.10. The monoisotopic (exact) mass is 195 g/mol. The number of nitrogens with two attached hydrogens (primary N) is 1. The van der Waals surface area contributed by atoms with E-state index < -0.39 is 0 Å². The van der Waals surface area contributed by atoms with Gasteiger partial charge in [0, 0.05) is 16.8 Å². The van der Waals surface area contributed by atoms with E-state index in [2.05, 4.69) is 38.3 Å². The minimum Gasteiger partial charge on any atom is -0.327 e. The first-order chi connectivity index (χ1) is 6.05. The minimum atomic E-state index is 0.282. The van der Waals surface area contributed by atoms with Gasteiger partial charge < -0.3 is 5.73 Å². The smallest absolute Gasteiger partial charge is 0.0129 e. The fourth-order valence-corrected chi connectivity index (χ4v) is 3.88. The second kappa shape index (κ2) is 2.82. The van der Waals surface area contributed by atoms with E-state index in [9.17, 15) is 0 Å².